The molecule has 6 nitrogen and oxygen atoms in total. The fourth-order valence-corrected chi connectivity index (χ4v) is 2.74. The fourth-order valence-electron chi connectivity index (χ4n) is 2.74. The smallest absolute Gasteiger partial charge is 0.341 e. The summed E-state index contributed by atoms with van der Waals surface area (Å²) in [5, 5.41) is 18.5. The van der Waals surface area contributed by atoms with Crippen molar-refractivity contribution in [3.05, 3.63) is 53.6 Å². The second-order valence-corrected chi connectivity index (χ2v) is 5.86. The largest absolute Gasteiger partial charge is 0.493 e. The Hall–Kier alpha value is -2.73. The minimum atomic E-state index is -1.03. The van der Waals surface area contributed by atoms with Gasteiger partial charge in [0.2, 0.25) is 0 Å². The number of aliphatic hydroxyl groups is 1. The van der Waals surface area contributed by atoms with Crippen molar-refractivity contribution in [1.82, 2.24) is 0 Å². The Balaban J connectivity index is 2.05. The molecule has 0 spiro atoms. The summed E-state index contributed by atoms with van der Waals surface area (Å²) in [7, 11) is 3.19. The van der Waals surface area contributed by atoms with Gasteiger partial charge in [-0.3, -0.25) is 0 Å². The molecule has 0 radical (unpaired) electrons. The number of benzene rings is 2. The number of hydrogen-bond donors (Lipinski definition) is 2. The van der Waals surface area contributed by atoms with Crippen molar-refractivity contribution in [2.75, 3.05) is 27.4 Å². The lowest BCUT2D eigenvalue weighted by Crippen LogP contribution is -2.10. The predicted molar refractivity (Wildman–Crippen MR) is 97.3 cm³/mol. The molecule has 2 aromatic carbocycles. The lowest BCUT2D eigenvalue weighted by Gasteiger charge is -2.16. The molecule has 2 aromatic rings. The van der Waals surface area contributed by atoms with Crippen LogP contribution >= 0.6 is 0 Å². The molecule has 26 heavy (non-hydrogen) atoms. The summed E-state index contributed by atoms with van der Waals surface area (Å²) in [5.74, 6) is 0.737. The maximum absolute atomic E-state index is 10.6. The zero-order chi connectivity index (χ0) is 18.9. The van der Waals surface area contributed by atoms with Gasteiger partial charge in [0.15, 0.2) is 18.1 Å². The van der Waals surface area contributed by atoms with Crippen molar-refractivity contribution in [2.45, 2.75) is 18.8 Å². The Kier molecular flexibility index (Phi) is 7.29. The number of methoxy groups -OCH3 is 2. The minimum absolute atomic E-state index is 0.00429. The first kappa shape index (κ1) is 19.6. The zero-order valence-electron chi connectivity index (χ0n) is 15.0. The Bertz CT molecular complexity index is 728. The molecule has 0 heterocycles. The molecule has 0 bridgehead atoms. The topological polar surface area (TPSA) is 85.2 Å². The van der Waals surface area contributed by atoms with Crippen LogP contribution in [0.5, 0.6) is 17.2 Å². The molecule has 0 aromatic heterocycles. The molecule has 0 amide bonds. The van der Waals surface area contributed by atoms with Crippen LogP contribution in [-0.2, 0) is 11.2 Å². The van der Waals surface area contributed by atoms with Crippen molar-refractivity contribution in [2.24, 2.45) is 0 Å². The van der Waals surface area contributed by atoms with E-state index in [9.17, 15) is 9.90 Å². The summed E-state index contributed by atoms with van der Waals surface area (Å²) in [6.07, 6.45) is 1.49. The number of carboxylic acids is 1. The Morgan fingerprint density at radius 3 is 2.50 bits per heavy atom. The summed E-state index contributed by atoms with van der Waals surface area (Å²) in [5.41, 5.74) is 2.00. The first-order valence-corrected chi connectivity index (χ1v) is 8.33. The van der Waals surface area contributed by atoms with Gasteiger partial charge in [-0.2, -0.15) is 0 Å². The Labute approximate surface area is 152 Å². The number of aryl methyl sites for hydroxylation is 1. The third kappa shape index (κ3) is 5.39. The van der Waals surface area contributed by atoms with Gasteiger partial charge in [0, 0.05) is 12.5 Å². The van der Waals surface area contributed by atoms with Crippen LogP contribution in [0.1, 0.15) is 23.5 Å². The van der Waals surface area contributed by atoms with Crippen LogP contribution in [0, 0.1) is 0 Å². The molecular weight excluding hydrogens is 336 g/mol. The van der Waals surface area contributed by atoms with Crippen molar-refractivity contribution in [3.8, 4) is 17.2 Å². The average Bonchev–Trinajstić information content (AvgIpc) is 2.67. The first-order chi connectivity index (χ1) is 12.6. The third-order valence-corrected chi connectivity index (χ3v) is 4.14. The van der Waals surface area contributed by atoms with Crippen molar-refractivity contribution >= 4 is 5.97 Å². The summed E-state index contributed by atoms with van der Waals surface area (Å²) in [6, 6.07) is 13.0. The monoisotopic (exact) mass is 360 g/mol. The lowest BCUT2D eigenvalue weighted by molar-refractivity contribution is -0.139. The van der Waals surface area contributed by atoms with E-state index in [1.54, 1.807) is 32.4 Å². The molecule has 140 valence electrons. The molecule has 0 aliphatic heterocycles. The molecule has 6 heteroatoms. The highest BCUT2D eigenvalue weighted by molar-refractivity contribution is 5.68. The van der Waals surface area contributed by atoms with Crippen LogP contribution in [0.25, 0.3) is 0 Å². The van der Waals surface area contributed by atoms with E-state index in [0.29, 0.717) is 17.2 Å². The predicted octanol–water partition coefficient (Wildman–Crippen LogP) is 2.88. The van der Waals surface area contributed by atoms with Crippen LogP contribution in [-0.4, -0.2) is 43.6 Å². The zero-order valence-corrected chi connectivity index (χ0v) is 15.0. The van der Waals surface area contributed by atoms with E-state index in [1.165, 1.54) is 0 Å². The van der Waals surface area contributed by atoms with Crippen LogP contribution in [0.15, 0.2) is 42.5 Å². The highest BCUT2D eigenvalue weighted by Gasteiger charge is 2.13. The number of hydrogen-bond acceptors (Lipinski definition) is 5. The molecule has 1 atom stereocenters. The molecule has 0 saturated heterocycles. The highest BCUT2D eigenvalue weighted by atomic mass is 16.5. The van der Waals surface area contributed by atoms with Gasteiger partial charge in [0.1, 0.15) is 5.75 Å². The molecule has 2 rings (SSSR count). The summed E-state index contributed by atoms with van der Waals surface area (Å²) in [4.78, 5) is 10.6. The Morgan fingerprint density at radius 2 is 1.85 bits per heavy atom. The van der Waals surface area contributed by atoms with Gasteiger partial charge in [0.05, 0.1) is 14.2 Å². The molecular formula is C20H24O6. The number of ether oxygens (including phenoxy) is 3. The van der Waals surface area contributed by atoms with E-state index < -0.39 is 5.97 Å². The second kappa shape index (κ2) is 9.68. The van der Waals surface area contributed by atoms with Crippen LogP contribution in [0.4, 0.5) is 0 Å². The van der Waals surface area contributed by atoms with Gasteiger partial charge in [0.25, 0.3) is 0 Å². The van der Waals surface area contributed by atoms with Gasteiger partial charge in [-0.05, 0) is 48.2 Å². The minimum Gasteiger partial charge on any atom is -0.493 e. The van der Waals surface area contributed by atoms with Crippen LogP contribution < -0.4 is 14.2 Å². The van der Waals surface area contributed by atoms with E-state index in [0.717, 1.165) is 24.0 Å². The van der Waals surface area contributed by atoms with Crippen molar-refractivity contribution in [3.63, 3.8) is 0 Å². The van der Waals surface area contributed by atoms with E-state index in [2.05, 4.69) is 0 Å². The average molecular weight is 360 g/mol. The number of aliphatic hydroxyl groups excluding tert-OH is 1. The second-order valence-electron chi connectivity index (χ2n) is 5.86. The molecule has 1 unspecified atom stereocenters. The number of aliphatic carboxylic acids is 1. The molecule has 0 fully saturated rings. The first-order valence-electron chi connectivity index (χ1n) is 8.33. The summed E-state index contributed by atoms with van der Waals surface area (Å²) >= 11 is 0. The third-order valence-electron chi connectivity index (χ3n) is 4.14. The van der Waals surface area contributed by atoms with Crippen LogP contribution in [0.3, 0.4) is 0 Å². The molecule has 2 N–H and O–H groups in total. The van der Waals surface area contributed by atoms with Gasteiger partial charge in [-0.25, -0.2) is 4.79 Å². The van der Waals surface area contributed by atoms with Crippen molar-refractivity contribution in [1.29, 1.82) is 0 Å². The number of rotatable bonds is 10. The Morgan fingerprint density at radius 1 is 1.08 bits per heavy atom. The summed E-state index contributed by atoms with van der Waals surface area (Å²) in [6.45, 7) is -0.394. The van der Waals surface area contributed by atoms with Gasteiger partial charge in [-0.1, -0.05) is 18.2 Å². The maximum Gasteiger partial charge on any atom is 0.341 e. The normalized spacial score (nSPS) is 11.7. The highest BCUT2D eigenvalue weighted by Crippen LogP contribution is 2.30. The summed E-state index contributed by atoms with van der Waals surface area (Å²) < 4.78 is 15.8. The van der Waals surface area contributed by atoms with E-state index in [4.69, 9.17) is 19.3 Å². The van der Waals surface area contributed by atoms with Gasteiger partial charge in [-0.15, -0.1) is 0 Å². The van der Waals surface area contributed by atoms with E-state index in [-0.39, 0.29) is 19.1 Å². The maximum atomic E-state index is 10.6. The van der Waals surface area contributed by atoms with Crippen LogP contribution in [0.2, 0.25) is 0 Å². The number of carboxylic acid groups (broad SMARTS) is 1. The van der Waals surface area contributed by atoms with Gasteiger partial charge >= 0.3 is 5.97 Å². The van der Waals surface area contributed by atoms with Crippen molar-refractivity contribution < 1.29 is 29.2 Å². The molecule has 0 aliphatic rings. The lowest BCUT2D eigenvalue weighted by atomic mass is 9.93. The molecule has 0 saturated carbocycles. The van der Waals surface area contributed by atoms with Gasteiger partial charge < -0.3 is 24.4 Å². The van der Waals surface area contributed by atoms with E-state index >= 15 is 0 Å². The standard InChI is InChI=1S/C20H24O6/c1-24-18-9-7-14(10-19(18)25-2)6-8-16(12-21)15-4-3-5-17(11-15)26-13-20(22)23/h3-5,7,9-11,16,21H,6,8,12-13H2,1-2H3,(H,22,23). The number of carbonyl (C=O) groups is 1. The quantitative estimate of drug-likeness (QED) is 0.678. The molecule has 0 aliphatic carbocycles. The van der Waals surface area contributed by atoms with E-state index in [1.807, 2.05) is 24.3 Å². The fraction of sp³-hybridized carbons (Fsp3) is 0.350. The SMILES string of the molecule is COc1ccc(CCC(CO)c2cccc(OCC(=O)O)c2)cc1OC.